The van der Waals surface area contributed by atoms with Crippen molar-refractivity contribution in [3.8, 4) is 11.8 Å². The number of aliphatic hydroxyl groups is 1. The highest BCUT2D eigenvalue weighted by molar-refractivity contribution is 9.10. The summed E-state index contributed by atoms with van der Waals surface area (Å²) in [5, 5.41) is 19.2. The second-order valence-corrected chi connectivity index (χ2v) is 8.19. The van der Waals surface area contributed by atoms with E-state index < -0.39 is 5.41 Å². The van der Waals surface area contributed by atoms with E-state index in [2.05, 4.69) is 22.0 Å². The second-order valence-electron chi connectivity index (χ2n) is 7.27. The van der Waals surface area contributed by atoms with Crippen LogP contribution in [0.1, 0.15) is 24.0 Å². The number of likely N-dealkylation sites (tertiary alicyclic amines) is 1. The van der Waals surface area contributed by atoms with Crippen LogP contribution in [0.4, 0.5) is 4.39 Å². The van der Waals surface area contributed by atoms with Crippen LogP contribution in [0.2, 0.25) is 0 Å². The smallest absolute Gasteiger partial charge is 0.260 e. The monoisotopic (exact) mass is 460 g/mol. The number of aliphatic hydroxyl groups excluding tert-OH is 1. The summed E-state index contributed by atoms with van der Waals surface area (Å²) in [6, 6.07) is 13.9. The van der Waals surface area contributed by atoms with E-state index in [1.54, 1.807) is 35.2 Å². The summed E-state index contributed by atoms with van der Waals surface area (Å²) >= 11 is 3.34. The third-order valence-corrected chi connectivity index (χ3v) is 5.80. The number of nitrogens with zero attached hydrogens (tertiary/aromatic N) is 2. The maximum atomic E-state index is 13.1. The van der Waals surface area contributed by atoms with Gasteiger partial charge in [0.25, 0.3) is 5.91 Å². The number of benzene rings is 2. The normalized spacial score (nSPS) is 15.6. The predicted octanol–water partition coefficient (Wildman–Crippen LogP) is 3.83. The largest absolute Gasteiger partial charge is 0.483 e. The zero-order valence-electron chi connectivity index (χ0n) is 15.9. The third kappa shape index (κ3) is 5.34. The van der Waals surface area contributed by atoms with E-state index in [1.165, 1.54) is 12.1 Å². The number of ether oxygens (including phenoxy) is 1. The van der Waals surface area contributed by atoms with Crippen LogP contribution in [0.3, 0.4) is 0 Å². The maximum absolute atomic E-state index is 13.1. The van der Waals surface area contributed by atoms with E-state index in [9.17, 15) is 19.6 Å². The minimum absolute atomic E-state index is 0.119. The second kappa shape index (κ2) is 9.38. The molecule has 0 atom stereocenters. The first kappa shape index (κ1) is 21.3. The molecule has 1 aliphatic rings. The molecular weight excluding hydrogens is 439 g/mol. The van der Waals surface area contributed by atoms with Crippen LogP contribution in [0.15, 0.2) is 46.9 Å². The molecule has 1 saturated heterocycles. The minimum Gasteiger partial charge on any atom is -0.483 e. The zero-order chi connectivity index (χ0) is 20.9. The summed E-state index contributed by atoms with van der Waals surface area (Å²) in [7, 11) is 0. The summed E-state index contributed by atoms with van der Waals surface area (Å²) in [4.78, 5) is 14.2. The Hall–Kier alpha value is -2.43. The molecule has 2 aromatic carbocycles. The molecule has 2 aromatic rings. The number of hydrogen-bond donors (Lipinski definition) is 1. The van der Waals surface area contributed by atoms with Crippen LogP contribution >= 0.6 is 15.9 Å². The van der Waals surface area contributed by atoms with Crippen LogP contribution in [-0.4, -0.2) is 35.6 Å². The summed E-state index contributed by atoms with van der Waals surface area (Å²) < 4.78 is 19.5. The number of rotatable bonds is 6. The van der Waals surface area contributed by atoms with Crippen LogP contribution in [0.25, 0.3) is 0 Å². The quantitative estimate of drug-likeness (QED) is 0.710. The third-order valence-electron chi connectivity index (χ3n) is 5.31. The molecule has 0 spiro atoms. The van der Waals surface area contributed by atoms with E-state index in [0.29, 0.717) is 43.7 Å². The molecule has 3 rings (SSSR count). The van der Waals surface area contributed by atoms with Crippen LogP contribution < -0.4 is 4.74 Å². The van der Waals surface area contributed by atoms with Gasteiger partial charge in [0.05, 0.1) is 18.1 Å². The SMILES string of the molecule is N#CC1(Cc2ccc(F)cc2)CCN(C(=O)COc2ccc(Br)cc2CO)CC1. The highest BCUT2D eigenvalue weighted by Crippen LogP contribution is 2.34. The number of amides is 1. The molecule has 1 aliphatic heterocycles. The van der Waals surface area contributed by atoms with Crippen molar-refractivity contribution in [3.05, 3.63) is 63.9 Å². The first-order chi connectivity index (χ1) is 13.9. The van der Waals surface area contributed by atoms with E-state index >= 15 is 0 Å². The molecule has 0 aliphatic carbocycles. The molecule has 0 aromatic heterocycles. The average molecular weight is 461 g/mol. The lowest BCUT2D eigenvalue weighted by molar-refractivity contribution is -0.135. The number of carbonyl (C=O) groups is 1. The van der Waals surface area contributed by atoms with Gasteiger partial charge >= 0.3 is 0 Å². The Morgan fingerprint density at radius 1 is 1.24 bits per heavy atom. The van der Waals surface area contributed by atoms with Crippen molar-refractivity contribution in [2.45, 2.75) is 25.9 Å². The van der Waals surface area contributed by atoms with Gasteiger partial charge in [-0.15, -0.1) is 0 Å². The summed E-state index contributed by atoms with van der Waals surface area (Å²) in [6.45, 7) is 0.654. The molecular formula is C22H22BrFN2O3. The number of carbonyl (C=O) groups excluding carboxylic acids is 1. The van der Waals surface area contributed by atoms with Gasteiger partial charge in [-0.3, -0.25) is 4.79 Å². The van der Waals surface area contributed by atoms with Gasteiger partial charge in [-0.1, -0.05) is 28.1 Å². The highest BCUT2D eigenvalue weighted by Gasteiger charge is 2.36. The van der Waals surface area contributed by atoms with Gasteiger partial charge in [-0.25, -0.2) is 4.39 Å². The molecule has 7 heteroatoms. The zero-order valence-corrected chi connectivity index (χ0v) is 17.5. The van der Waals surface area contributed by atoms with Gasteiger partial charge in [0.15, 0.2) is 6.61 Å². The maximum Gasteiger partial charge on any atom is 0.260 e. The summed E-state index contributed by atoms with van der Waals surface area (Å²) in [5.74, 6) is 0.0316. The molecule has 0 saturated carbocycles. The molecule has 1 N–H and O–H groups in total. The number of piperidine rings is 1. The predicted molar refractivity (Wildman–Crippen MR) is 110 cm³/mol. The minimum atomic E-state index is -0.550. The fraction of sp³-hybridized carbons (Fsp3) is 0.364. The Morgan fingerprint density at radius 3 is 2.55 bits per heavy atom. The average Bonchev–Trinajstić information content (AvgIpc) is 2.74. The van der Waals surface area contributed by atoms with E-state index in [1.807, 2.05) is 0 Å². The van der Waals surface area contributed by atoms with Crippen LogP contribution in [0, 0.1) is 22.6 Å². The Kier molecular flexibility index (Phi) is 6.88. The van der Waals surface area contributed by atoms with Crippen molar-refractivity contribution in [1.82, 2.24) is 4.90 Å². The lowest BCUT2D eigenvalue weighted by atomic mass is 9.75. The van der Waals surface area contributed by atoms with Gasteiger partial charge in [-0.2, -0.15) is 5.26 Å². The molecule has 1 fully saturated rings. The Balaban J connectivity index is 1.56. The van der Waals surface area contributed by atoms with Gasteiger partial charge in [0.2, 0.25) is 0 Å². The first-order valence-corrected chi connectivity index (χ1v) is 10.2. The molecule has 29 heavy (non-hydrogen) atoms. The lowest BCUT2D eigenvalue weighted by Gasteiger charge is -2.37. The molecule has 0 radical (unpaired) electrons. The Labute approximate surface area is 177 Å². The molecule has 0 bridgehead atoms. The standard InChI is InChI=1S/C22H22BrFN2O3/c23-18-3-6-20(17(11-18)13-27)29-14-21(28)26-9-7-22(15-25,8-10-26)12-16-1-4-19(24)5-2-16/h1-6,11,27H,7-10,12-14H2. The van der Waals surface area contributed by atoms with Crippen molar-refractivity contribution in [2.75, 3.05) is 19.7 Å². The van der Waals surface area contributed by atoms with Gasteiger partial charge in [0, 0.05) is 23.1 Å². The summed E-state index contributed by atoms with van der Waals surface area (Å²) in [6.07, 6.45) is 1.67. The molecule has 1 heterocycles. The highest BCUT2D eigenvalue weighted by atomic mass is 79.9. The molecule has 152 valence electrons. The van der Waals surface area contributed by atoms with E-state index in [0.717, 1.165) is 10.0 Å². The molecule has 0 unspecified atom stereocenters. The van der Waals surface area contributed by atoms with Gasteiger partial charge in [-0.05, 0) is 55.2 Å². The Bertz CT molecular complexity index is 903. The van der Waals surface area contributed by atoms with Crippen molar-refractivity contribution in [1.29, 1.82) is 5.26 Å². The topological polar surface area (TPSA) is 73.6 Å². The van der Waals surface area contributed by atoms with Gasteiger partial charge in [0.1, 0.15) is 11.6 Å². The lowest BCUT2D eigenvalue weighted by Crippen LogP contribution is -2.45. The van der Waals surface area contributed by atoms with Crippen LogP contribution in [0.5, 0.6) is 5.75 Å². The van der Waals surface area contributed by atoms with Crippen molar-refractivity contribution < 1.29 is 19.0 Å². The van der Waals surface area contributed by atoms with Crippen molar-refractivity contribution in [3.63, 3.8) is 0 Å². The van der Waals surface area contributed by atoms with Crippen molar-refractivity contribution >= 4 is 21.8 Å². The Morgan fingerprint density at radius 2 is 1.93 bits per heavy atom. The number of halogens is 2. The van der Waals surface area contributed by atoms with Crippen LogP contribution in [-0.2, 0) is 17.8 Å². The first-order valence-electron chi connectivity index (χ1n) is 9.40. The summed E-state index contributed by atoms with van der Waals surface area (Å²) in [5.41, 5.74) is 0.974. The number of hydrogen-bond acceptors (Lipinski definition) is 4. The fourth-order valence-corrected chi connectivity index (χ4v) is 3.96. The van der Waals surface area contributed by atoms with E-state index in [4.69, 9.17) is 4.74 Å². The van der Waals surface area contributed by atoms with E-state index in [-0.39, 0.29) is 24.9 Å². The molecule has 1 amide bonds. The molecule has 5 nitrogen and oxygen atoms in total. The van der Waals surface area contributed by atoms with Crippen molar-refractivity contribution in [2.24, 2.45) is 5.41 Å². The fourth-order valence-electron chi connectivity index (χ4n) is 3.55. The van der Waals surface area contributed by atoms with Gasteiger partial charge < -0.3 is 14.7 Å². The number of nitriles is 1.